The summed E-state index contributed by atoms with van der Waals surface area (Å²) in [6.07, 6.45) is 4.44. The van der Waals surface area contributed by atoms with Crippen LogP contribution in [0, 0.1) is 6.92 Å². The van der Waals surface area contributed by atoms with Crippen LogP contribution in [-0.2, 0) is 6.54 Å². The molecule has 17 heavy (non-hydrogen) atoms. The number of nitrogens with one attached hydrogen (secondary N) is 1. The van der Waals surface area contributed by atoms with E-state index in [1.807, 2.05) is 13.1 Å². The van der Waals surface area contributed by atoms with Crippen LogP contribution in [-0.4, -0.2) is 31.5 Å². The molecule has 0 bridgehead atoms. The van der Waals surface area contributed by atoms with Gasteiger partial charge in [0.15, 0.2) is 0 Å². The predicted octanol–water partition coefficient (Wildman–Crippen LogP) is 1.53. The molecule has 2 aromatic rings. The molecule has 0 aromatic carbocycles. The molecule has 0 amide bonds. The van der Waals surface area contributed by atoms with Crippen molar-refractivity contribution >= 4 is 17.4 Å². The third kappa shape index (κ3) is 3.67. The van der Waals surface area contributed by atoms with Crippen molar-refractivity contribution in [2.45, 2.75) is 19.9 Å². The summed E-state index contributed by atoms with van der Waals surface area (Å²) in [7, 11) is 0. The molecule has 6 nitrogen and oxygen atoms in total. The van der Waals surface area contributed by atoms with E-state index in [4.69, 9.17) is 11.6 Å². The molecule has 2 rings (SSSR count). The second-order valence-electron chi connectivity index (χ2n) is 3.57. The maximum absolute atomic E-state index is 5.83. The quantitative estimate of drug-likeness (QED) is 0.646. The zero-order valence-electron chi connectivity index (χ0n) is 9.47. The Balaban J connectivity index is 1.78. The zero-order chi connectivity index (χ0) is 12.1. The Morgan fingerprint density at radius 1 is 1.41 bits per heavy atom. The van der Waals surface area contributed by atoms with Gasteiger partial charge in [-0.25, -0.2) is 9.97 Å². The van der Waals surface area contributed by atoms with Crippen LogP contribution >= 0.6 is 11.6 Å². The summed E-state index contributed by atoms with van der Waals surface area (Å²) in [6.45, 7) is 3.43. The van der Waals surface area contributed by atoms with Crippen LogP contribution in [0.5, 0.6) is 0 Å². The summed E-state index contributed by atoms with van der Waals surface area (Å²) >= 11 is 5.83. The highest BCUT2D eigenvalue weighted by Crippen LogP contribution is 2.10. The van der Waals surface area contributed by atoms with E-state index in [-0.39, 0.29) is 0 Å². The van der Waals surface area contributed by atoms with E-state index in [0.717, 1.165) is 25.3 Å². The Kier molecular flexibility index (Phi) is 3.87. The standard InChI is InChI=1S/C10H13ClN6/c1-8-14-9(11)7-10(15-8)12-3-2-5-17-6-4-13-16-17/h4,6-7H,2-3,5H2,1H3,(H,12,14,15). The Morgan fingerprint density at radius 2 is 2.29 bits per heavy atom. The molecule has 0 saturated carbocycles. The lowest BCUT2D eigenvalue weighted by atomic mass is 10.4. The Morgan fingerprint density at radius 3 is 3.00 bits per heavy atom. The molecule has 0 spiro atoms. The number of aromatic nitrogens is 5. The molecule has 0 radical (unpaired) electrons. The van der Waals surface area contributed by atoms with E-state index in [1.165, 1.54) is 0 Å². The van der Waals surface area contributed by atoms with Crippen molar-refractivity contribution in [2.75, 3.05) is 11.9 Å². The van der Waals surface area contributed by atoms with Gasteiger partial charge in [0.25, 0.3) is 0 Å². The summed E-state index contributed by atoms with van der Waals surface area (Å²) in [6, 6.07) is 1.71. The van der Waals surface area contributed by atoms with Crippen molar-refractivity contribution in [3.63, 3.8) is 0 Å². The average Bonchev–Trinajstić information content (AvgIpc) is 2.76. The average molecular weight is 253 g/mol. The first-order valence-corrected chi connectivity index (χ1v) is 5.71. The van der Waals surface area contributed by atoms with Crippen molar-refractivity contribution in [1.82, 2.24) is 25.0 Å². The van der Waals surface area contributed by atoms with Crippen molar-refractivity contribution in [2.24, 2.45) is 0 Å². The maximum Gasteiger partial charge on any atom is 0.134 e. The molecule has 2 heterocycles. The van der Waals surface area contributed by atoms with Crippen LogP contribution in [0.15, 0.2) is 18.5 Å². The third-order valence-electron chi connectivity index (χ3n) is 2.15. The van der Waals surface area contributed by atoms with Crippen LogP contribution < -0.4 is 5.32 Å². The van der Waals surface area contributed by atoms with Gasteiger partial charge >= 0.3 is 0 Å². The van der Waals surface area contributed by atoms with Gasteiger partial charge in [-0.3, -0.25) is 4.68 Å². The molecule has 1 N–H and O–H groups in total. The number of anilines is 1. The lowest BCUT2D eigenvalue weighted by Crippen LogP contribution is -2.08. The van der Waals surface area contributed by atoms with Crippen LogP contribution in [0.1, 0.15) is 12.2 Å². The van der Waals surface area contributed by atoms with Crippen LogP contribution in [0.3, 0.4) is 0 Å². The Bertz CT molecular complexity index is 449. The van der Waals surface area contributed by atoms with Crippen LogP contribution in [0.4, 0.5) is 5.82 Å². The van der Waals surface area contributed by atoms with Gasteiger partial charge in [0.2, 0.25) is 0 Å². The summed E-state index contributed by atoms with van der Waals surface area (Å²) in [5.41, 5.74) is 0. The molecule has 0 aliphatic rings. The minimum Gasteiger partial charge on any atom is -0.370 e. The molecule has 0 saturated heterocycles. The number of aryl methyl sites for hydroxylation is 2. The van der Waals surface area contributed by atoms with Crippen LogP contribution in [0.25, 0.3) is 0 Å². The van der Waals surface area contributed by atoms with E-state index in [2.05, 4.69) is 25.6 Å². The molecule has 0 fully saturated rings. The number of nitrogens with zero attached hydrogens (tertiary/aromatic N) is 5. The highest BCUT2D eigenvalue weighted by atomic mass is 35.5. The molecular formula is C10H13ClN6. The Labute approximate surface area is 104 Å². The summed E-state index contributed by atoms with van der Waals surface area (Å²) < 4.78 is 1.79. The minimum atomic E-state index is 0.455. The molecule has 0 aliphatic heterocycles. The number of halogens is 1. The molecule has 0 atom stereocenters. The van der Waals surface area contributed by atoms with Crippen molar-refractivity contribution in [1.29, 1.82) is 0 Å². The maximum atomic E-state index is 5.83. The van der Waals surface area contributed by atoms with Crippen molar-refractivity contribution < 1.29 is 0 Å². The number of rotatable bonds is 5. The lowest BCUT2D eigenvalue weighted by molar-refractivity contribution is 0.569. The van der Waals surface area contributed by atoms with Gasteiger partial charge in [-0.05, 0) is 13.3 Å². The second-order valence-corrected chi connectivity index (χ2v) is 3.96. The van der Waals surface area contributed by atoms with Gasteiger partial charge in [0, 0.05) is 25.4 Å². The second kappa shape index (κ2) is 5.58. The molecule has 7 heteroatoms. The van der Waals surface area contributed by atoms with E-state index in [0.29, 0.717) is 11.0 Å². The highest BCUT2D eigenvalue weighted by molar-refractivity contribution is 6.29. The first-order valence-electron chi connectivity index (χ1n) is 5.33. The fourth-order valence-electron chi connectivity index (χ4n) is 1.43. The zero-order valence-corrected chi connectivity index (χ0v) is 10.2. The predicted molar refractivity (Wildman–Crippen MR) is 64.9 cm³/mol. The topological polar surface area (TPSA) is 68.5 Å². The molecule has 2 aromatic heterocycles. The number of hydrogen-bond acceptors (Lipinski definition) is 5. The van der Waals surface area contributed by atoms with E-state index >= 15 is 0 Å². The van der Waals surface area contributed by atoms with Crippen LogP contribution in [0.2, 0.25) is 5.15 Å². The summed E-state index contributed by atoms with van der Waals surface area (Å²) in [5, 5.41) is 11.3. The first kappa shape index (κ1) is 11.8. The monoisotopic (exact) mass is 252 g/mol. The smallest absolute Gasteiger partial charge is 0.134 e. The molecular weight excluding hydrogens is 240 g/mol. The van der Waals surface area contributed by atoms with Crippen molar-refractivity contribution in [3.05, 3.63) is 29.4 Å². The van der Waals surface area contributed by atoms with Gasteiger partial charge in [-0.15, -0.1) is 5.10 Å². The van der Waals surface area contributed by atoms with Gasteiger partial charge in [-0.1, -0.05) is 16.8 Å². The fourth-order valence-corrected chi connectivity index (χ4v) is 1.66. The molecule has 0 aliphatic carbocycles. The van der Waals surface area contributed by atoms with Gasteiger partial charge < -0.3 is 5.32 Å². The summed E-state index contributed by atoms with van der Waals surface area (Å²) in [5.74, 6) is 1.41. The van der Waals surface area contributed by atoms with Gasteiger partial charge in [-0.2, -0.15) is 0 Å². The lowest BCUT2D eigenvalue weighted by Gasteiger charge is -2.06. The SMILES string of the molecule is Cc1nc(Cl)cc(NCCCn2ccnn2)n1. The van der Waals surface area contributed by atoms with Gasteiger partial charge in [0.05, 0.1) is 6.20 Å². The molecule has 90 valence electrons. The Hall–Kier alpha value is -1.69. The number of hydrogen-bond donors (Lipinski definition) is 1. The largest absolute Gasteiger partial charge is 0.370 e. The van der Waals surface area contributed by atoms with Gasteiger partial charge in [0.1, 0.15) is 16.8 Å². The third-order valence-corrected chi connectivity index (χ3v) is 2.34. The normalized spacial score (nSPS) is 10.5. The van der Waals surface area contributed by atoms with Crippen molar-refractivity contribution in [3.8, 4) is 0 Å². The van der Waals surface area contributed by atoms with E-state index < -0.39 is 0 Å². The summed E-state index contributed by atoms with van der Waals surface area (Å²) in [4.78, 5) is 8.22. The first-order chi connectivity index (χ1) is 8.24. The highest BCUT2D eigenvalue weighted by Gasteiger charge is 1.99. The fraction of sp³-hybridized carbons (Fsp3) is 0.400. The minimum absolute atomic E-state index is 0.455. The van der Waals surface area contributed by atoms with E-state index in [1.54, 1.807) is 16.9 Å². The molecule has 0 unspecified atom stereocenters. The van der Waals surface area contributed by atoms with E-state index in [9.17, 15) is 0 Å².